The van der Waals surface area contributed by atoms with Crippen molar-refractivity contribution in [1.29, 1.82) is 0 Å². The summed E-state index contributed by atoms with van der Waals surface area (Å²) in [6, 6.07) is 18.8. The van der Waals surface area contributed by atoms with E-state index in [1.165, 1.54) is 23.0 Å². The predicted molar refractivity (Wildman–Crippen MR) is 121 cm³/mol. The Morgan fingerprint density at radius 3 is 2.60 bits per heavy atom. The monoisotopic (exact) mass is 415 g/mol. The number of anilines is 1. The zero-order valence-corrected chi connectivity index (χ0v) is 17.6. The van der Waals surface area contributed by atoms with Gasteiger partial charge in [-0.2, -0.15) is 0 Å². The molecule has 5 nitrogen and oxygen atoms in total. The molecule has 0 radical (unpaired) electrons. The first-order valence-corrected chi connectivity index (χ1v) is 10.5. The van der Waals surface area contributed by atoms with Crippen molar-refractivity contribution in [2.75, 3.05) is 5.32 Å². The summed E-state index contributed by atoms with van der Waals surface area (Å²) in [5, 5.41) is 5.50. The van der Waals surface area contributed by atoms with Gasteiger partial charge in [0.25, 0.3) is 11.5 Å². The highest BCUT2D eigenvalue weighted by atomic mass is 32.1. The molecular weight excluding hydrogens is 394 g/mol. The average Bonchev–Trinajstić information content (AvgIpc) is 3.21. The van der Waals surface area contributed by atoms with Crippen molar-refractivity contribution in [1.82, 2.24) is 9.55 Å². The minimum absolute atomic E-state index is 0.0435. The molecule has 0 fully saturated rings. The van der Waals surface area contributed by atoms with Gasteiger partial charge in [-0.3, -0.25) is 9.59 Å². The Hall–Kier alpha value is -3.51. The third kappa shape index (κ3) is 4.39. The number of hydrogen-bond acceptors (Lipinski definition) is 4. The Kier molecular flexibility index (Phi) is 5.59. The van der Waals surface area contributed by atoms with Crippen molar-refractivity contribution in [2.45, 2.75) is 20.4 Å². The standard InChI is InChI=1S/C24H21N3O2S/c1-16-6-11-20(17(2)13-16)24-26-21(15-30-24)23(29)25-19-9-7-18(8-10-19)14-27-12-4-3-5-22(27)28/h3-13,15H,14H2,1-2H3,(H,25,29). The first-order chi connectivity index (χ1) is 14.5. The molecule has 0 unspecified atom stereocenters. The quantitative estimate of drug-likeness (QED) is 0.505. The fourth-order valence-electron chi connectivity index (χ4n) is 3.23. The summed E-state index contributed by atoms with van der Waals surface area (Å²) in [5.41, 5.74) is 5.41. The molecule has 0 atom stereocenters. The van der Waals surface area contributed by atoms with E-state index >= 15 is 0 Å². The summed E-state index contributed by atoms with van der Waals surface area (Å²) < 4.78 is 1.64. The minimum atomic E-state index is -0.241. The van der Waals surface area contributed by atoms with Crippen LogP contribution in [0, 0.1) is 13.8 Å². The van der Waals surface area contributed by atoms with E-state index in [1.807, 2.05) is 36.4 Å². The molecule has 30 heavy (non-hydrogen) atoms. The van der Waals surface area contributed by atoms with E-state index in [1.54, 1.807) is 22.2 Å². The molecule has 4 aromatic rings. The maximum absolute atomic E-state index is 12.6. The fraction of sp³-hybridized carbons (Fsp3) is 0.125. The van der Waals surface area contributed by atoms with Crippen molar-refractivity contribution < 1.29 is 4.79 Å². The predicted octanol–water partition coefficient (Wildman–Crippen LogP) is 4.89. The van der Waals surface area contributed by atoms with Crippen LogP contribution in [0.4, 0.5) is 5.69 Å². The van der Waals surface area contributed by atoms with Gasteiger partial charge in [-0.1, -0.05) is 42.0 Å². The highest BCUT2D eigenvalue weighted by Gasteiger charge is 2.13. The second kappa shape index (κ2) is 8.47. The zero-order valence-electron chi connectivity index (χ0n) is 16.8. The van der Waals surface area contributed by atoms with Gasteiger partial charge in [-0.15, -0.1) is 11.3 Å². The Morgan fingerprint density at radius 1 is 1.07 bits per heavy atom. The van der Waals surface area contributed by atoms with Crippen molar-refractivity contribution in [3.05, 3.63) is 105 Å². The van der Waals surface area contributed by atoms with Crippen LogP contribution in [0.25, 0.3) is 10.6 Å². The topological polar surface area (TPSA) is 64.0 Å². The number of aromatic nitrogens is 2. The van der Waals surface area contributed by atoms with Gasteiger partial charge in [0, 0.05) is 28.9 Å². The molecule has 2 aromatic carbocycles. The lowest BCUT2D eigenvalue weighted by Gasteiger charge is -2.07. The van der Waals surface area contributed by atoms with Crippen LogP contribution in [0.1, 0.15) is 27.2 Å². The zero-order chi connectivity index (χ0) is 21.1. The van der Waals surface area contributed by atoms with Gasteiger partial charge in [0.15, 0.2) is 0 Å². The van der Waals surface area contributed by atoms with E-state index in [0.717, 1.165) is 21.7 Å². The number of amides is 1. The summed E-state index contributed by atoms with van der Waals surface area (Å²) in [4.78, 5) is 29.0. The molecule has 4 rings (SSSR count). The molecule has 0 bridgehead atoms. The second-order valence-corrected chi connectivity index (χ2v) is 8.03. The lowest BCUT2D eigenvalue weighted by Crippen LogP contribution is -2.18. The van der Waals surface area contributed by atoms with E-state index in [-0.39, 0.29) is 11.5 Å². The van der Waals surface area contributed by atoms with E-state index in [0.29, 0.717) is 17.9 Å². The molecule has 0 saturated heterocycles. The van der Waals surface area contributed by atoms with E-state index in [4.69, 9.17) is 0 Å². The molecule has 0 saturated carbocycles. The van der Waals surface area contributed by atoms with Gasteiger partial charge in [0.05, 0.1) is 6.54 Å². The normalized spacial score (nSPS) is 10.7. The number of carbonyl (C=O) groups excluding carboxylic acids is 1. The molecular formula is C24H21N3O2S. The Bertz CT molecular complexity index is 1260. The number of nitrogens with one attached hydrogen (secondary N) is 1. The molecule has 0 aliphatic rings. The number of benzene rings is 2. The van der Waals surface area contributed by atoms with Crippen molar-refractivity contribution >= 4 is 22.9 Å². The van der Waals surface area contributed by atoms with E-state index < -0.39 is 0 Å². The molecule has 0 aliphatic heterocycles. The molecule has 1 amide bonds. The van der Waals surface area contributed by atoms with Crippen LogP contribution in [0.2, 0.25) is 0 Å². The minimum Gasteiger partial charge on any atom is -0.321 e. The molecule has 6 heteroatoms. The molecule has 0 spiro atoms. The molecule has 2 aromatic heterocycles. The third-order valence-electron chi connectivity index (χ3n) is 4.81. The van der Waals surface area contributed by atoms with Gasteiger partial charge in [-0.05, 0) is 43.2 Å². The smallest absolute Gasteiger partial charge is 0.275 e. The average molecular weight is 416 g/mol. The number of aryl methyl sites for hydroxylation is 2. The molecule has 0 aliphatic carbocycles. The summed E-state index contributed by atoms with van der Waals surface area (Å²) in [6.07, 6.45) is 1.76. The number of nitrogens with zero attached hydrogens (tertiary/aromatic N) is 2. The van der Waals surface area contributed by atoms with Crippen LogP contribution in [0.15, 0.2) is 77.0 Å². The summed E-state index contributed by atoms with van der Waals surface area (Å²) in [5.74, 6) is -0.241. The van der Waals surface area contributed by atoms with Crippen LogP contribution >= 0.6 is 11.3 Å². The number of pyridine rings is 1. The number of thiazole rings is 1. The van der Waals surface area contributed by atoms with E-state index in [9.17, 15) is 9.59 Å². The van der Waals surface area contributed by atoms with E-state index in [2.05, 4.69) is 36.3 Å². The SMILES string of the molecule is Cc1ccc(-c2nc(C(=O)Nc3ccc(Cn4ccccc4=O)cc3)cs2)c(C)c1. The highest BCUT2D eigenvalue weighted by molar-refractivity contribution is 7.13. The summed E-state index contributed by atoms with van der Waals surface area (Å²) >= 11 is 1.46. The lowest BCUT2D eigenvalue weighted by atomic mass is 10.1. The maximum Gasteiger partial charge on any atom is 0.275 e. The number of rotatable bonds is 5. The van der Waals surface area contributed by atoms with Crippen LogP contribution in [0.3, 0.4) is 0 Å². The van der Waals surface area contributed by atoms with Gasteiger partial charge in [0.2, 0.25) is 0 Å². The Balaban J connectivity index is 1.45. The van der Waals surface area contributed by atoms with Crippen molar-refractivity contribution in [2.24, 2.45) is 0 Å². The van der Waals surface area contributed by atoms with Crippen molar-refractivity contribution in [3.8, 4) is 10.6 Å². The van der Waals surface area contributed by atoms with Gasteiger partial charge in [0.1, 0.15) is 10.7 Å². The molecule has 150 valence electrons. The molecule has 2 heterocycles. The van der Waals surface area contributed by atoms with Crippen LogP contribution in [-0.4, -0.2) is 15.5 Å². The summed E-state index contributed by atoms with van der Waals surface area (Å²) in [6.45, 7) is 4.59. The van der Waals surface area contributed by atoms with Gasteiger partial charge >= 0.3 is 0 Å². The van der Waals surface area contributed by atoms with Gasteiger partial charge in [-0.25, -0.2) is 4.98 Å². The van der Waals surface area contributed by atoms with Crippen molar-refractivity contribution in [3.63, 3.8) is 0 Å². The Morgan fingerprint density at radius 2 is 1.87 bits per heavy atom. The van der Waals surface area contributed by atoms with Crippen LogP contribution in [-0.2, 0) is 6.54 Å². The van der Waals surface area contributed by atoms with Gasteiger partial charge < -0.3 is 9.88 Å². The molecule has 1 N–H and O–H groups in total. The first-order valence-electron chi connectivity index (χ1n) is 9.58. The largest absolute Gasteiger partial charge is 0.321 e. The fourth-order valence-corrected chi connectivity index (χ4v) is 4.12. The second-order valence-electron chi connectivity index (χ2n) is 7.17. The Labute approximate surface area is 178 Å². The number of hydrogen-bond donors (Lipinski definition) is 1. The third-order valence-corrected chi connectivity index (χ3v) is 5.69. The highest BCUT2D eigenvalue weighted by Crippen LogP contribution is 2.27. The summed E-state index contributed by atoms with van der Waals surface area (Å²) in [7, 11) is 0. The van der Waals surface area contributed by atoms with Crippen LogP contribution < -0.4 is 10.9 Å². The lowest BCUT2D eigenvalue weighted by molar-refractivity contribution is 0.102. The van der Waals surface area contributed by atoms with Crippen LogP contribution in [0.5, 0.6) is 0 Å². The first kappa shape index (κ1) is 19.8. The maximum atomic E-state index is 12.6. The number of carbonyl (C=O) groups is 1.